The number of rotatable bonds is 7. The number of nitrogens with one attached hydrogen (secondary N) is 1. The monoisotopic (exact) mass is 611 g/mol. The fourth-order valence-corrected chi connectivity index (χ4v) is 5.53. The maximum absolute atomic E-state index is 16.3. The Morgan fingerprint density at radius 3 is 2.27 bits per heavy atom. The maximum Gasteiger partial charge on any atom is 0.293 e. The van der Waals surface area contributed by atoms with Gasteiger partial charge in [0.05, 0.1) is 11.4 Å². The first-order valence-electron chi connectivity index (χ1n) is 15.0. The minimum Gasteiger partial charge on any atom is -0.396 e. The SMILES string of the molecule is Cn1cc(-c2cccc(N(C(=O)c3ccccc3)C(C)(C)C)c2F)nc(Nc2ccc(C(=O)N3CCC(CO)CC3)cc2)c1=O. The Balaban J connectivity index is 1.42. The first-order valence-corrected chi connectivity index (χ1v) is 15.0. The molecule has 2 heterocycles. The van der Waals surface area contributed by atoms with E-state index in [4.69, 9.17) is 0 Å². The number of likely N-dealkylation sites (tertiary alicyclic amines) is 1. The summed E-state index contributed by atoms with van der Waals surface area (Å²) >= 11 is 0. The fourth-order valence-electron chi connectivity index (χ4n) is 5.53. The number of aromatic nitrogens is 2. The Morgan fingerprint density at radius 2 is 1.64 bits per heavy atom. The molecule has 2 amide bonds. The van der Waals surface area contributed by atoms with Crippen molar-refractivity contribution < 1.29 is 19.1 Å². The van der Waals surface area contributed by atoms with Crippen LogP contribution in [-0.4, -0.2) is 56.6 Å². The Hall–Kier alpha value is -4.83. The van der Waals surface area contributed by atoms with E-state index in [0.717, 1.165) is 12.8 Å². The smallest absolute Gasteiger partial charge is 0.293 e. The van der Waals surface area contributed by atoms with E-state index >= 15 is 4.39 Å². The van der Waals surface area contributed by atoms with Crippen LogP contribution in [0.15, 0.2) is 83.8 Å². The summed E-state index contributed by atoms with van der Waals surface area (Å²) in [5.74, 6) is -0.847. The molecule has 0 radical (unpaired) electrons. The summed E-state index contributed by atoms with van der Waals surface area (Å²) in [4.78, 5) is 47.3. The highest BCUT2D eigenvalue weighted by atomic mass is 19.1. The largest absolute Gasteiger partial charge is 0.396 e. The average Bonchev–Trinajstić information content (AvgIpc) is 3.04. The third-order valence-electron chi connectivity index (χ3n) is 8.02. The summed E-state index contributed by atoms with van der Waals surface area (Å²) in [7, 11) is 1.56. The molecular formula is C35H38FN5O4. The van der Waals surface area contributed by atoms with Gasteiger partial charge in [0.1, 0.15) is 0 Å². The van der Waals surface area contributed by atoms with Crippen LogP contribution in [0, 0.1) is 11.7 Å². The number of benzene rings is 3. The molecule has 45 heavy (non-hydrogen) atoms. The molecule has 9 nitrogen and oxygen atoms in total. The highest BCUT2D eigenvalue weighted by Gasteiger charge is 2.32. The highest BCUT2D eigenvalue weighted by Crippen LogP contribution is 2.34. The number of aliphatic hydroxyl groups excluding tert-OH is 1. The Morgan fingerprint density at radius 1 is 0.978 bits per heavy atom. The van der Waals surface area contributed by atoms with E-state index in [2.05, 4.69) is 10.3 Å². The van der Waals surface area contributed by atoms with Crippen LogP contribution in [0.4, 0.5) is 21.6 Å². The predicted molar refractivity (Wildman–Crippen MR) is 173 cm³/mol. The Labute approximate surface area is 262 Å². The first-order chi connectivity index (χ1) is 21.5. The van der Waals surface area contributed by atoms with Crippen molar-refractivity contribution in [3.8, 4) is 11.3 Å². The normalized spacial score (nSPS) is 13.9. The number of carbonyl (C=O) groups excluding carboxylic acids is 2. The molecule has 5 rings (SSSR count). The Kier molecular flexibility index (Phi) is 9.15. The molecular weight excluding hydrogens is 573 g/mol. The molecule has 4 aromatic rings. The van der Waals surface area contributed by atoms with Crippen LogP contribution >= 0.6 is 0 Å². The summed E-state index contributed by atoms with van der Waals surface area (Å²) in [5.41, 5.74) is 0.754. The number of piperidine rings is 1. The van der Waals surface area contributed by atoms with Gasteiger partial charge in [-0.3, -0.25) is 14.4 Å². The summed E-state index contributed by atoms with van der Waals surface area (Å²) in [5, 5.41) is 12.4. The van der Waals surface area contributed by atoms with E-state index in [1.807, 2.05) is 26.8 Å². The quantitative estimate of drug-likeness (QED) is 0.281. The van der Waals surface area contributed by atoms with Crippen LogP contribution in [-0.2, 0) is 7.05 Å². The summed E-state index contributed by atoms with van der Waals surface area (Å²) < 4.78 is 17.7. The van der Waals surface area contributed by atoms with E-state index in [1.165, 1.54) is 15.7 Å². The molecule has 1 fully saturated rings. The molecule has 2 N–H and O–H groups in total. The predicted octanol–water partition coefficient (Wildman–Crippen LogP) is 5.62. The van der Waals surface area contributed by atoms with Crippen molar-refractivity contribution in [1.29, 1.82) is 0 Å². The van der Waals surface area contributed by atoms with Gasteiger partial charge in [0.25, 0.3) is 17.4 Å². The molecule has 0 aliphatic carbocycles. The minimum atomic E-state index is -0.751. The van der Waals surface area contributed by atoms with Gasteiger partial charge in [-0.2, -0.15) is 0 Å². The molecule has 0 bridgehead atoms. The zero-order valence-electron chi connectivity index (χ0n) is 26.0. The van der Waals surface area contributed by atoms with Crippen molar-refractivity contribution in [3.05, 3.63) is 106 Å². The van der Waals surface area contributed by atoms with Gasteiger partial charge in [-0.1, -0.05) is 24.3 Å². The molecule has 10 heteroatoms. The van der Waals surface area contributed by atoms with Crippen molar-refractivity contribution in [2.45, 2.75) is 39.2 Å². The number of hydrogen-bond donors (Lipinski definition) is 2. The van der Waals surface area contributed by atoms with Gasteiger partial charge < -0.3 is 24.8 Å². The van der Waals surface area contributed by atoms with Crippen molar-refractivity contribution in [2.24, 2.45) is 13.0 Å². The molecule has 1 saturated heterocycles. The molecule has 1 aliphatic rings. The molecule has 0 atom stereocenters. The molecule has 0 unspecified atom stereocenters. The van der Waals surface area contributed by atoms with Crippen LogP contribution < -0.4 is 15.8 Å². The van der Waals surface area contributed by atoms with E-state index in [9.17, 15) is 19.5 Å². The van der Waals surface area contributed by atoms with Gasteiger partial charge in [0, 0.05) is 60.9 Å². The third-order valence-corrected chi connectivity index (χ3v) is 8.02. The van der Waals surface area contributed by atoms with Gasteiger partial charge in [-0.15, -0.1) is 0 Å². The van der Waals surface area contributed by atoms with Crippen LogP contribution in [0.5, 0.6) is 0 Å². The van der Waals surface area contributed by atoms with E-state index in [1.54, 1.807) is 78.7 Å². The molecule has 1 aromatic heterocycles. The van der Waals surface area contributed by atoms with Crippen LogP contribution in [0.2, 0.25) is 0 Å². The summed E-state index contributed by atoms with van der Waals surface area (Å²) in [6.07, 6.45) is 3.00. The standard InChI is InChI=1S/C35H38FN5O4/c1-35(2,3)41(33(44)24-9-6-5-7-10-24)29-12-8-11-27(30(29)36)28-21-39(4)34(45)31(38-28)37-26-15-13-25(14-16-26)32(43)40-19-17-23(22-42)18-20-40/h5-16,21,23,42H,17-20,22H2,1-4H3,(H,37,38). The second kappa shape index (κ2) is 13.0. The number of anilines is 3. The van der Waals surface area contributed by atoms with Crippen LogP contribution in [0.3, 0.4) is 0 Å². The lowest BCUT2D eigenvalue weighted by Crippen LogP contribution is -2.46. The van der Waals surface area contributed by atoms with E-state index in [-0.39, 0.29) is 47.1 Å². The molecule has 1 aliphatic heterocycles. The Bertz CT molecular complexity index is 1740. The lowest BCUT2D eigenvalue weighted by atomic mass is 9.97. The van der Waals surface area contributed by atoms with Gasteiger partial charge >= 0.3 is 0 Å². The van der Waals surface area contributed by atoms with Crippen LogP contribution in [0.1, 0.15) is 54.3 Å². The summed E-state index contributed by atoms with van der Waals surface area (Å²) in [6.45, 7) is 6.85. The second-order valence-electron chi connectivity index (χ2n) is 12.3. The van der Waals surface area contributed by atoms with Gasteiger partial charge in [0.2, 0.25) is 0 Å². The first kappa shape index (κ1) is 31.6. The van der Waals surface area contributed by atoms with Crippen molar-refractivity contribution in [2.75, 3.05) is 29.9 Å². The number of aryl methyl sites for hydroxylation is 1. The number of halogens is 1. The lowest BCUT2D eigenvalue weighted by Gasteiger charge is -2.36. The highest BCUT2D eigenvalue weighted by molar-refractivity contribution is 6.07. The summed E-state index contributed by atoms with van der Waals surface area (Å²) in [6, 6.07) is 20.3. The minimum absolute atomic E-state index is 0.0157. The van der Waals surface area contributed by atoms with Crippen LogP contribution in [0.25, 0.3) is 11.3 Å². The van der Waals surface area contributed by atoms with Gasteiger partial charge in [-0.25, -0.2) is 9.37 Å². The number of nitrogens with zero attached hydrogens (tertiary/aromatic N) is 4. The topological polar surface area (TPSA) is 108 Å². The lowest BCUT2D eigenvalue weighted by molar-refractivity contribution is 0.0650. The molecule has 0 spiro atoms. The fraction of sp³-hybridized carbons (Fsp3) is 0.314. The zero-order chi connectivity index (χ0) is 32.3. The number of aliphatic hydroxyl groups is 1. The third kappa shape index (κ3) is 6.81. The van der Waals surface area contributed by atoms with Crippen molar-refractivity contribution >= 4 is 29.0 Å². The zero-order valence-corrected chi connectivity index (χ0v) is 26.0. The number of carbonyl (C=O) groups is 2. The molecule has 234 valence electrons. The van der Waals surface area contributed by atoms with Crippen molar-refractivity contribution in [1.82, 2.24) is 14.5 Å². The number of hydrogen-bond acceptors (Lipinski definition) is 6. The van der Waals surface area contributed by atoms with E-state index in [0.29, 0.717) is 29.9 Å². The van der Waals surface area contributed by atoms with Gasteiger partial charge in [0.15, 0.2) is 11.6 Å². The number of amides is 2. The van der Waals surface area contributed by atoms with Gasteiger partial charge in [-0.05, 0) is 88.1 Å². The van der Waals surface area contributed by atoms with Crippen molar-refractivity contribution in [3.63, 3.8) is 0 Å². The maximum atomic E-state index is 16.3. The second-order valence-corrected chi connectivity index (χ2v) is 12.3. The molecule has 0 saturated carbocycles. The molecule has 3 aromatic carbocycles. The van der Waals surface area contributed by atoms with E-state index < -0.39 is 16.9 Å². The average molecular weight is 612 g/mol.